The number of alkyl halides is 1. The van der Waals surface area contributed by atoms with Gasteiger partial charge in [0.15, 0.2) is 0 Å². The Hall–Kier alpha value is -1.47. The number of para-hydroxylation sites is 1. The van der Waals surface area contributed by atoms with Gasteiger partial charge in [0.25, 0.3) is 0 Å². The molecule has 0 bridgehead atoms. The Labute approximate surface area is 123 Å². The number of fused-ring (bicyclic) bond motifs is 3. The maximum absolute atomic E-state index is 6.68. The summed E-state index contributed by atoms with van der Waals surface area (Å²) in [6.07, 6.45) is 2.67. The molecule has 20 heavy (non-hydrogen) atoms. The van der Waals surface area contributed by atoms with E-state index < -0.39 is 0 Å². The van der Waals surface area contributed by atoms with Gasteiger partial charge in [-0.2, -0.15) is 0 Å². The van der Waals surface area contributed by atoms with Gasteiger partial charge in [-0.25, -0.2) is 0 Å². The standard InChI is InChI=1S/C18H17ClO/c1-11(12-6-7-12)18(19)13-8-9-17-15(10-13)14-4-2-3-5-16(14)20-17/h2-5,8-12,18H,6-7H2,1H3. The van der Waals surface area contributed by atoms with Crippen LogP contribution >= 0.6 is 11.6 Å². The third-order valence-corrected chi connectivity index (χ3v) is 5.20. The zero-order valence-electron chi connectivity index (χ0n) is 11.5. The molecule has 0 spiro atoms. The Kier molecular flexibility index (Phi) is 2.78. The Bertz CT molecular complexity index is 769. The summed E-state index contributed by atoms with van der Waals surface area (Å²) in [6.45, 7) is 2.27. The second-order valence-corrected chi connectivity index (χ2v) is 6.42. The van der Waals surface area contributed by atoms with Crippen molar-refractivity contribution in [2.75, 3.05) is 0 Å². The first-order valence-corrected chi connectivity index (χ1v) is 7.73. The molecule has 1 aliphatic rings. The van der Waals surface area contributed by atoms with Gasteiger partial charge < -0.3 is 4.42 Å². The summed E-state index contributed by atoms with van der Waals surface area (Å²) in [7, 11) is 0. The lowest BCUT2D eigenvalue weighted by Crippen LogP contribution is -2.05. The molecule has 1 fully saturated rings. The molecule has 1 aliphatic carbocycles. The number of rotatable bonds is 3. The van der Waals surface area contributed by atoms with E-state index in [4.69, 9.17) is 16.0 Å². The predicted octanol–water partition coefficient (Wildman–Crippen LogP) is 5.91. The number of hydrogen-bond acceptors (Lipinski definition) is 1. The van der Waals surface area contributed by atoms with E-state index in [1.165, 1.54) is 29.2 Å². The van der Waals surface area contributed by atoms with E-state index in [-0.39, 0.29) is 5.38 Å². The summed E-state index contributed by atoms with van der Waals surface area (Å²) in [5.74, 6) is 1.36. The molecule has 0 saturated heterocycles. The van der Waals surface area contributed by atoms with E-state index in [0.717, 1.165) is 17.1 Å². The maximum Gasteiger partial charge on any atom is 0.135 e. The van der Waals surface area contributed by atoms with Crippen molar-refractivity contribution in [2.45, 2.75) is 25.1 Å². The third kappa shape index (κ3) is 1.92. The average Bonchev–Trinajstić information content (AvgIpc) is 3.26. The molecule has 2 aromatic carbocycles. The predicted molar refractivity (Wildman–Crippen MR) is 84.2 cm³/mol. The Balaban J connectivity index is 1.82. The minimum atomic E-state index is 0.0977. The van der Waals surface area contributed by atoms with E-state index >= 15 is 0 Å². The van der Waals surface area contributed by atoms with Gasteiger partial charge in [-0.05, 0) is 48.4 Å². The Morgan fingerprint density at radius 2 is 1.80 bits per heavy atom. The Morgan fingerprint density at radius 3 is 2.60 bits per heavy atom. The highest BCUT2D eigenvalue weighted by Gasteiger charge is 2.33. The molecule has 1 heterocycles. The molecule has 1 nitrogen and oxygen atoms in total. The number of hydrogen-bond donors (Lipinski definition) is 0. The topological polar surface area (TPSA) is 13.1 Å². The summed E-state index contributed by atoms with van der Waals surface area (Å²) in [6, 6.07) is 14.6. The number of halogens is 1. The minimum Gasteiger partial charge on any atom is -0.456 e. The van der Waals surface area contributed by atoms with Crippen molar-refractivity contribution in [1.29, 1.82) is 0 Å². The molecular weight excluding hydrogens is 268 g/mol. The van der Waals surface area contributed by atoms with Crippen LogP contribution in [-0.4, -0.2) is 0 Å². The molecule has 2 heteroatoms. The average molecular weight is 285 g/mol. The first kappa shape index (κ1) is 12.3. The van der Waals surface area contributed by atoms with Crippen molar-refractivity contribution >= 4 is 33.5 Å². The number of benzene rings is 2. The molecule has 0 amide bonds. The molecule has 0 aliphatic heterocycles. The number of furan rings is 1. The first-order chi connectivity index (χ1) is 9.74. The van der Waals surface area contributed by atoms with Crippen molar-refractivity contribution in [3.05, 3.63) is 48.0 Å². The highest BCUT2D eigenvalue weighted by atomic mass is 35.5. The van der Waals surface area contributed by atoms with Crippen molar-refractivity contribution in [3.8, 4) is 0 Å². The summed E-state index contributed by atoms with van der Waals surface area (Å²) in [4.78, 5) is 0. The van der Waals surface area contributed by atoms with Gasteiger partial charge in [-0.3, -0.25) is 0 Å². The van der Waals surface area contributed by atoms with E-state index in [0.29, 0.717) is 5.92 Å². The molecule has 0 N–H and O–H groups in total. The van der Waals surface area contributed by atoms with E-state index in [9.17, 15) is 0 Å². The summed E-state index contributed by atoms with van der Waals surface area (Å²) >= 11 is 6.68. The highest BCUT2D eigenvalue weighted by molar-refractivity contribution is 6.21. The summed E-state index contributed by atoms with van der Waals surface area (Å²) < 4.78 is 5.86. The SMILES string of the molecule is CC(C1CC1)C(Cl)c1ccc2oc3ccccc3c2c1. The molecule has 4 rings (SSSR count). The van der Waals surface area contributed by atoms with Gasteiger partial charge >= 0.3 is 0 Å². The molecule has 0 radical (unpaired) electrons. The van der Waals surface area contributed by atoms with E-state index in [1.54, 1.807) is 0 Å². The highest BCUT2D eigenvalue weighted by Crippen LogP contribution is 2.46. The van der Waals surface area contributed by atoms with Crippen LogP contribution in [0.5, 0.6) is 0 Å². The van der Waals surface area contributed by atoms with Crippen LogP contribution in [0.3, 0.4) is 0 Å². The lowest BCUT2D eigenvalue weighted by atomic mass is 9.95. The van der Waals surface area contributed by atoms with Gasteiger partial charge in [0.2, 0.25) is 0 Å². The van der Waals surface area contributed by atoms with Crippen LogP contribution in [0.15, 0.2) is 46.9 Å². The van der Waals surface area contributed by atoms with Gasteiger partial charge in [-0.1, -0.05) is 31.2 Å². The fraction of sp³-hybridized carbons (Fsp3) is 0.333. The van der Waals surface area contributed by atoms with Crippen LogP contribution < -0.4 is 0 Å². The lowest BCUT2D eigenvalue weighted by Gasteiger charge is -2.17. The molecule has 2 unspecified atom stereocenters. The van der Waals surface area contributed by atoms with Crippen LogP contribution in [0, 0.1) is 11.8 Å². The second-order valence-electron chi connectivity index (χ2n) is 5.95. The van der Waals surface area contributed by atoms with Crippen LogP contribution in [0.25, 0.3) is 21.9 Å². The van der Waals surface area contributed by atoms with Crippen LogP contribution in [0.2, 0.25) is 0 Å². The fourth-order valence-electron chi connectivity index (χ4n) is 3.08. The lowest BCUT2D eigenvalue weighted by molar-refractivity contribution is 0.491. The minimum absolute atomic E-state index is 0.0977. The first-order valence-electron chi connectivity index (χ1n) is 7.29. The van der Waals surface area contributed by atoms with Crippen molar-refractivity contribution < 1.29 is 4.42 Å². The van der Waals surface area contributed by atoms with Gasteiger partial charge in [0.05, 0.1) is 5.38 Å². The van der Waals surface area contributed by atoms with Gasteiger partial charge in [0.1, 0.15) is 11.2 Å². The molecule has 1 aromatic heterocycles. The quantitative estimate of drug-likeness (QED) is 0.545. The molecule has 102 valence electrons. The van der Waals surface area contributed by atoms with E-state index in [1.807, 2.05) is 12.1 Å². The van der Waals surface area contributed by atoms with E-state index in [2.05, 4.69) is 37.3 Å². The van der Waals surface area contributed by atoms with Gasteiger partial charge in [-0.15, -0.1) is 11.6 Å². The van der Waals surface area contributed by atoms with Crippen LogP contribution in [-0.2, 0) is 0 Å². The summed E-state index contributed by atoms with van der Waals surface area (Å²) in [5.41, 5.74) is 3.10. The molecule has 2 atom stereocenters. The zero-order chi connectivity index (χ0) is 13.7. The molecule has 1 saturated carbocycles. The van der Waals surface area contributed by atoms with Crippen LogP contribution in [0.1, 0.15) is 30.7 Å². The second kappa shape index (κ2) is 4.53. The van der Waals surface area contributed by atoms with Crippen molar-refractivity contribution in [2.24, 2.45) is 11.8 Å². The fourth-order valence-corrected chi connectivity index (χ4v) is 3.42. The zero-order valence-corrected chi connectivity index (χ0v) is 12.2. The van der Waals surface area contributed by atoms with Crippen LogP contribution in [0.4, 0.5) is 0 Å². The summed E-state index contributed by atoms with van der Waals surface area (Å²) in [5, 5.41) is 2.44. The normalized spacial score (nSPS) is 18.5. The van der Waals surface area contributed by atoms with Crippen molar-refractivity contribution in [3.63, 3.8) is 0 Å². The third-order valence-electron chi connectivity index (χ3n) is 4.55. The largest absolute Gasteiger partial charge is 0.456 e. The Morgan fingerprint density at radius 1 is 1.05 bits per heavy atom. The van der Waals surface area contributed by atoms with Gasteiger partial charge in [0, 0.05) is 10.8 Å². The maximum atomic E-state index is 6.68. The molecule has 3 aromatic rings. The monoisotopic (exact) mass is 284 g/mol. The van der Waals surface area contributed by atoms with Crippen molar-refractivity contribution in [1.82, 2.24) is 0 Å². The smallest absolute Gasteiger partial charge is 0.135 e. The molecular formula is C18H17ClO.